The Morgan fingerprint density at radius 3 is 2.62 bits per heavy atom. The number of amides is 1. The lowest BCUT2D eigenvalue weighted by molar-refractivity contribution is -0.125. The van der Waals surface area contributed by atoms with Gasteiger partial charge in [-0.25, -0.2) is 0 Å². The molecule has 138 valence electrons. The van der Waals surface area contributed by atoms with Crippen molar-refractivity contribution >= 4 is 12.0 Å². The van der Waals surface area contributed by atoms with Crippen LogP contribution in [-0.2, 0) is 11.3 Å². The highest BCUT2D eigenvalue weighted by Gasteiger charge is 2.36. The summed E-state index contributed by atoms with van der Waals surface area (Å²) >= 11 is 0. The molecule has 6 heteroatoms. The first kappa shape index (κ1) is 18.2. The Labute approximate surface area is 151 Å². The molecule has 2 unspecified atom stereocenters. The third-order valence-corrected chi connectivity index (χ3v) is 4.45. The van der Waals surface area contributed by atoms with Gasteiger partial charge in [-0.2, -0.15) is 8.78 Å². The maximum atomic E-state index is 12.2. The third-order valence-electron chi connectivity index (χ3n) is 4.45. The lowest BCUT2D eigenvalue weighted by Gasteiger charge is -2.13. The number of nitrogens with zero attached hydrogens (tertiary/aromatic N) is 1. The Morgan fingerprint density at radius 1 is 1.31 bits per heavy atom. The number of carbonyl (C=O) groups excluding carboxylic acids is 1. The van der Waals surface area contributed by atoms with E-state index in [-0.39, 0.29) is 11.7 Å². The van der Waals surface area contributed by atoms with Gasteiger partial charge in [-0.05, 0) is 48.2 Å². The van der Waals surface area contributed by atoms with Crippen molar-refractivity contribution in [3.05, 3.63) is 59.6 Å². The summed E-state index contributed by atoms with van der Waals surface area (Å²) in [7, 11) is 1.70. The van der Waals surface area contributed by atoms with Crippen molar-refractivity contribution in [1.82, 2.24) is 4.90 Å². The van der Waals surface area contributed by atoms with E-state index in [0.29, 0.717) is 18.4 Å². The van der Waals surface area contributed by atoms with Crippen LogP contribution in [0.25, 0.3) is 6.08 Å². The van der Waals surface area contributed by atoms with E-state index in [1.807, 2.05) is 12.1 Å². The average Bonchev–Trinajstić information content (AvgIpc) is 3.15. The van der Waals surface area contributed by atoms with Gasteiger partial charge in [-0.3, -0.25) is 4.79 Å². The van der Waals surface area contributed by atoms with Crippen molar-refractivity contribution in [2.24, 2.45) is 5.92 Å². The van der Waals surface area contributed by atoms with E-state index in [1.54, 1.807) is 30.2 Å². The van der Waals surface area contributed by atoms with Gasteiger partial charge in [0.15, 0.2) is 0 Å². The predicted octanol–water partition coefficient (Wildman–Crippen LogP) is 4.68. The van der Waals surface area contributed by atoms with Gasteiger partial charge < -0.3 is 14.1 Å². The van der Waals surface area contributed by atoms with Crippen LogP contribution < -0.4 is 4.74 Å². The lowest BCUT2D eigenvalue weighted by Crippen LogP contribution is -2.23. The first-order valence-electron chi connectivity index (χ1n) is 8.49. The number of carbonyl (C=O) groups is 1. The van der Waals surface area contributed by atoms with Gasteiger partial charge in [0.05, 0.1) is 6.54 Å². The van der Waals surface area contributed by atoms with Crippen molar-refractivity contribution in [2.75, 3.05) is 7.05 Å². The highest BCUT2D eigenvalue weighted by Crippen LogP contribution is 2.47. The van der Waals surface area contributed by atoms with Crippen LogP contribution in [0.4, 0.5) is 8.78 Å². The normalized spacial score (nSPS) is 19.1. The number of furan rings is 1. The zero-order valence-corrected chi connectivity index (χ0v) is 14.7. The van der Waals surface area contributed by atoms with Crippen LogP contribution in [0.3, 0.4) is 0 Å². The van der Waals surface area contributed by atoms with Crippen molar-refractivity contribution in [3.63, 3.8) is 0 Å². The summed E-state index contributed by atoms with van der Waals surface area (Å²) in [4.78, 5) is 13.8. The summed E-state index contributed by atoms with van der Waals surface area (Å²) in [5.41, 5.74) is 0.719. The van der Waals surface area contributed by atoms with E-state index < -0.39 is 6.61 Å². The SMILES string of the molecule is CC1CC1c1ccc(CN(C)C(=O)/C=C/c2ccc(OC(F)F)cc2)o1. The molecular weight excluding hydrogens is 340 g/mol. The van der Waals surface area contributed by atoms with E-state index >= 15 is 0 Å². The average molecular weight is 361 g/mol. The number of alkyl halides is 2. The molecule has 1 heterocycles. The molecule has 2 atom stereocenters. The van der Waals surface area contributed by atoms with Gasteiger partial charge in [0.25, 0.3) is 0 Å². The highest BCUT2D eigenvalue weighted by molar-refractivity contribution is 5.91. The largest absolute Gasteiger partial charge is 0.464 e. The minimum Gasteiger partial charge on any atom is -0.464 e. The maximum absolute atomic E-state index is 12.2. The summed E-state index contributed by atoms with van der Waals surface area (Å²) < 4.78 is 34.3. The Morgan fingerprint density at radius 2 is 2.00 bits per heavy atom. The van der Waals surface area contributed by atoms with E-state index in [9.17, 15) is 13.6 Å². The molecule has 26 heavy (non-hydrogen) atoms. The number of likely N-dealkylation sites (N-methyl/N-ethyl adjacent to an activating group) is 1. The molecule has 0 N–H and O–H groups in total. The van der Waals surface area contributed by atoms with Crippen LogP contribution in [0, 0.1) is 5.92 Å². The van der Waals surface area contributed by atoms with E-state index in [1.165, 1.54) is 18.2 Å². The van der Waals surface area contributed by atoms with Crippen LogP contribution in [-0.4, -0.2) is 24.5 Å². The summed E-state index contributed by atoms with van der Waals surface area (Å²) in [6.45, 7) is -0.262. The topological polar surface area (TPSA) is 42.7 Å². The van der Waals surface area contributed by atoms with Crippen LogP contribution in [0.15, 0.2) is 46.9 Å². The fourth-order valence-corrected chi connectivity index (χ4v) is 2.76. The fraction of sp³-hybridized carbons (Fsp3) is 0.350. The Balaban J connectivity index is 1.53. The van der Waals surface area contributed by atoms with E-state index in [0.717, 1.165) is 23.5 Å². The molecule has 1 aliphatic carbocycles. The molecule has 1 aliphatic rings. The van der Waals surface area contributed by atoms with Gasteiger partial charge >= 0.3 is 6.61 Å². The van der Waals surface area contributed by atoms with Crippen LogP contribution in [0.5, 0.6) is 5.75 Å². The van der Waals surface area contributed by atoms with Gasteiger partial charge in [0.1, 0.15) is 17.3 Å². The molecule has 1 aromatic carbocycles. The van der Waals surface area contributed by atoms with Crippen molar-refractivity contribution < 1.29 is 22.7 Å². The molecule has 0 aliphatic heterocycles. The Bertz CT molecular complexity index is 783. The Kier molecular flexibility index (Phi) is 5.40. The smallest absolute Gasteiger partial charge is 0.387 e. The maximum Gasteiger partial charge on any atom is 0.387 e. The number of ether oxygens (including phenoxy) is 1. The van der Waals surface area contributed by atoms with Gasteiger partial charge in [0, 0.05) is 19.0 Å². The number of halogens is 2. The standard InChI is InChI=1S/C20H21F2NO3/c1-13-11-17(13)18-9-8-16(25-18)12-23(2)19(24)10-5-14-3-6-15(7-4-14)26-20(21)22/h3-10,13,17,20H,11-12H2,1-2H3/b10-5+. The van der Waals surface area contributed by atoms with Crippen LogP contribution >= 0.6 is 0 Å². The molecular formula is C20H21F2NO3. The zero-order chi connectivity index (χ0) is 18.7. The van der Waals surface area contributed by atoms with Crippen molar-refractivity contribution in [2.45, 2.75) is 32.4 Å². The molecule has 1 saturated carbocycles. The molecule has 4 nitrogen and oxygen atoms in total. The second kappa shape index (κ2) is 7.72. The van der Waals surface area contributed by atoms with E-state index in [2.05, 4.69) is 11.7 Å². The molecule has 2 aromatic rings. The number of hydrogen-bond donors (Lipinski definition) is 0. The second-order valence-corrected chi connectivity index (χ2v) is 6.60. The lowest BCUT2D eigenvalue weighted by atomic mass is 10.2. The quantitative estimate of drug-likeness (QED) is 0.673. The second-order valence-electron chi connectivity index (χ2n) is 6.60. The number of hydrogen-bond acceptors (Lipinski definition) is 3. The van der Waals surface area contributed by atoms with Crippen molar-refractivity contribution in [1.29, 1.82) is 0 Å². The van der Waals surface area contributed by atoms with E-state index in [4.69, 9.17) is 4.42 Å². The summed E-state index contributed by atoms with van der Waals surface area (Å²) in [5, 5.41) is 0. The molecule has 0 bridgehead atoms. The molecule has 0 spiro atoms. The van der Waals surface area contributed by atoms with Crippen LogP contribution in [0.2, 0.25) is 0 Å². The minimum atomic E-state index is -2.85. The van der Waals surface area contributed by atoms with Crippen molar-refractivity contribution in [3.8, 4) is 5.75 Å². The molecule has 1 aromatic heterocycles. The van der Waals surface area contributed by atoms with Gasteiger partial charge in [0.2, 0.25) is 5.91 Å². The van der Waals surface area contributed by atoms with Gasteiger partial charge in [-0.15, -0.1) is 0 Å². The molecule has 0 radical (unpaired) electrons. The number of benzene rings is 1. The number of rotatable bonds is 7. The fourth-order valence-electron chi connectivity index (χ4n) is 2.76. The monoisotopic (exact) mass is 361 g/mol. The third kappa shape index (κ3) is 4.71. The molecule has 3 rings (SSSR count). The zero-order valence-electron chi connectivity index (χ0n) is 14.7. The highest BCUT2D eigenvalue weighted by atomic mass is 19.3. The van der Waals surface area contributed by atoms with Gasteiger partial charge in [-0.1, -0.05) is 19.1 Å². The molecule has 1 fully saturated rings. The predicted molar refractivity (Wildman–Crippen MR) is 93.8 cm³/mol. The summed E-state index contributed by atoms with van der Waals surface area (Å²) in [6.07, 6.45) is 4.23. The Hall–Kier alpha value is -2.63. The van der Waals surface area contributed by atoms with Crippen LogP contribution in [0.1, 0.15) is 36.3 Å². The first-order valence-corrected chi connectivity index (χ1v) is 8.49. The first-order chi connectivity index (χ1) is 12.4. The summed E-state index contributed by atoms with van der Waals surface area (Å²) in [6, 6.07) is 9.98. The molecule has 0 saturated heterocycles. The minimum absolute atomic E-state index is 0.0826. The molecule has 1 amide bonds. The summed E-state index contributed by atoms with van der Waals surface area (Å²) in [5.74, 6) is 2.86.